The first kappa shape index (κ1) is 21.3. The second kappa shape index (κ2) is 9.41. The van der Waals surface area contributed by atoms with Crippen LogP contribution in [0, 0.1) is 0 Å². The fraction of sp³-hybridized carbons (Fsp3) is 0.318. The molecule has 5 nitrogen and oxygen atoms in total. The predicted molar refractivity (Wildman–Crippen MR) is 120 cm³/mol. The number of thioether (sulfide) groups is 1. The average molecular weight is 428 g/mol. The fourth-order valence-corrected chi connectivity index (χ4v) is 4.25. The Balaban J connectivity index is 1.51. The maximum absolute atomic E-state index is 12.4. The third-order valence-electron chi connectivity index (χ3n) is 4.24. The second-order valence-corrected chi connectivity index (χ2v) is 9.87. The molecule has 1 amide bonds. The fourth-order valence-electron chi connectivity index (χ4n) is 2.54. The molecule has 0 fully saturated rings. The van der Waals surface area contributed by atoms with Crippen LogP contribution in [-0.4, -0.2) is 22.2 Å². The molecule has 0 spiro atoms. The Bertz CT molecular complexity index is 935. The van der Waals surface area contributed by atoms with Gasteiger partial charge in [0.2, 0.25) is 5.13 Å². The molecule has 3 aromatic rings. The van der Waals surface area contributed by atoms with Crippen molar-refractivity contribution in [1.29, 1.82) is 0 Å². The lowest BCUT2D eigenvalue weighted by atomic mass is 9.87. The first-order chi connectivity index (χ1) is 13.8. The molecule has 0 aliphatic rings. The van der Waals surface area contributed by atoms with E-state index in [0.29, 0.717) is 10.9 Å². The van der Waals surface area contributed by atoms with E-state index in [-0.39, 0.29) is 11.3 Å². The third-order valence-corrected chi connectivity index (χ3v) is 6.29. The normalized spacial score (nSPS) is 12.4. The average Bonchev–Trinajstić information content (AvgIpc) is 3.14. The molecule has 0 bridgehead atoms. The Morgan fingerprint density at radius 2 is 1.79 bits per heavy atom. The van der Waals surface area contributed by atoms with Crippen LogP contribution in [0.15, 0.2) is 58.9 Å². The molecule has 0 unspecified atom stereocenters. The minimum absolute atomic E-state index is 0.0790. The minimum Gasteiger partial charge on any atom is -0.481 e. The summed E-state index contributed by atoms with van der Waals surface area (Å²) in [6.45, 7) is 8.20. The zero-order chi connectivity index (χ0) is 20.9. The lowest BCUT2D eigenvalue weighted by Gasteiger charge is -2.20. The number of nitrogens with zero attached hydrogens (tertiary/aromatic N) is 2. The lowest BCUT2D eigenvalue weighted by molar-refractivity contribution is -0.122. The smallest absolute Gasteiger partial charge is 0.266 e. The van der Waals surface area contributed by atoms with Gasteiger partial charge in [0.25, 0.3) is 5.91 Å². The van der Waals surface area contributed by atoms with Crippen molar-refractivity contribution in [2.45, 2.75) is 49.3 Å². The molecule has 1 atom stereocenters. The molecular formula is C22H25N3O2S2. The molecule has 0 aliphatic heterocycles. The maximum Gasteiger partial charge on any atom is 0.266 e. The van der Waals surface area contributed by atoms with Gasteiger partial charge in [-0.3, -0.25) is 10.1 Å². The van der Waals surface area contributed by atoms with Gasteiger partial charge in [0.05, 0.1) is 0 Å². The first-order valence-corrected chi connectivity index (χ1v) is 11.2. The van der Waals surface area contributed by atoms with E-state index in [4.69, 9.17) is 4.74 Å². The summed E-state index contributed by atoms with van der Waals surface area (Å²) in [4.78, 5) is 12.4. The van der Waals surface area contributed by atoms with Crippen LogP contribution in [0.5, 0.6) is 5.75 Å². The van der Waals surface area contributed by atoms with Gasteiger partial charge >= 0.3 is 0 Å². The van der Waals surface area contributed by atoms with Crippen LogP contribution in [0.1, 0.15) is 38.8 Å². The lowest BCUT2D eigenvalue weighted by Crippen LogP contribution is -2.30. The van der Waals surface area contributed by atoms with Crippen molar-refractivity contribution < 1.29 is 9.53 Å². The van der Waals surface area contributed by atoms with Crippen LogP contribution in [0.3, 0.4) is 0 Å². The monoisotopic (exact) mass is 427 g/mol. The molecule has 0 saturated carbocycles. The molecule has 1 heterocycles. The van der Waals surface area contributed by atoms with Crippen LogP contribution in [-0.2, 0) is 16.0 Å². The molecule has 7 heteroatoms. The maximum atomic E-state index is 12.4. The highest BCUT2D eigenvalue weighted by atomic mass is 32.2. The van der Waals surface area contributed by atoms with E-state index < -0.39 is 6.10 Å². The second-order valence-electron chi connectivity index (χ2n) is 7.67. The van der Waals surface area contributed by atoms with E-state index in [1.54, 1.807) is 18.7 Å². The highest BCUT2D eigenvalue weighted by Crippen LogP contribution is 2.28. The van der Waals surface area contributed by atoms with Gasteiger partial charge in [-0.15, -0.1) is 10.2 Å². The first-order valence-electron chi connectivity index (χ1n) is 9.39. The van der Waals surface area contributed by atoms with Gasteiger partial charge in [0.1, 0.15) is 5.75 Å². The Hall–Kier alpha value is -2.38. The minimum atomic E-state index is -0.639. The highest BCUT2D eigenvalue weighted by molar-refractivity contribution is 8.00. The SMILES string of the molecule is C[C@@H](Oc1ccc(C(C)(C)C)cc1)C(=O)Nc1nnc(SCc2ccccc2)s1. The number of hydrogen-bond donors (Lipinski definition) is 1. The molecule has 3 rings (SSSR count). The molecular weight excluding hydrogens is 402 g/mol. The number of carbonyl (C=O) groups excluding carboxylic acids is 1. The van der Waals surface area contributed by atoms with E-state index in [1.165, 1.54) is 22.5 Å². The summed E-state index contributed by atoms with van der Waals surface area (Å²) in [7, 11) is 0. The largest absolute Gasteiger partial charge is 0.481 e. The number of amides is 1. The van der Waals surface area contributed by atoms with Gasteiger partial charge in [-0.25, -0.2) is 0 Å². The van der Waals surface area contributed by atoms with Gasteiger partial charge in [0.15, 0.2) is 10.4 Å². The number of anilines is 1. The van der Waals surface area contributed by atoms with Gasteiger partial charge < -0.3 is 4.74 Å². The zero-order valence-corrected chi connectivity index (χ0v) is 18.6. The molecule has 1 N–H and O–H groups in total. The zero-order valence-electron chi connectivity index (χ0n) is 17.0. The van der Waals surface area contributed by atoms with E-state index in [1.807, 2.05) is 42.5 Å². The number of ether oxygens (including phenoxy) is 1. The molecule has 152 valence electrons. The van der Waals surface area contributed by atoms with Crippen molar-refractivity contribution in [2.75, 3.05) is 5.32 Å². The van der Waals surface area contributed by atoms with Crippen LogP contribution in [0.25, 0.3) is 0 Å². The Kier molecular flexibility index (Phi) is 6.92. The summed E-state index contributed by atoms with van der Waals surface area (Å²) >= 11 is 2.96. The number of aromatic nitrogens is 2. The number of nitrogens with one attached hydrogen (secondary N) is 1. The van der Waals surface area contributed by atoms with Gasteiger partial charge in [-0.05, 0) is 35.6 Å². The standard InChI is InChI=1S/C22H25N3O2S2/c1-15(27-18-12-10-17(11-13-18)22(2,3)4)19(26)23-20-24-25-21(29-20)28-14-16-8-6-5-7-9-16/h5-13,15H,14H2,1-4H3,(H,23,24,26)/t15-/m1/s1. The van der Waals surface area contributed by atoms with Crippen molar-refractivity contribution >= 4 is 34.1 Å². The van der Waals surface area contributed by atoms with Crippen LogP contribution >= 0.6 is 23.1 Å². The van der Waals surface area contributed by atoms with Gasteiger partial charge in [0, 0.05) is 5.75 Å². The predicted octanol–water partition coefficient (Wildman–Crippen LogP) is 5.53. The summed E-state index contributed by atoms with van der Waals surface area (Å²) in [5, 5.41) is 11.5. The Morgan fingerprint density at radius 1 is 1.10 bits per heavy atom. The number of rotatable bonds is 7. The molecule has 0 aliphatic carbocycles. The van der Waals surface area contributed by atoms with Gasteiger partial charge in [-0.1, -0.05) is 86.3 Å². The summed E-state index contributed by atoms with van der Waals surface area (Å²) < 4.78 is 6.58. The van der Waals surface area contributed by atoms with Crippen molar-refractivity contribution in [1.82, 2.24) is 10.2 Å². The van der Waals surface area contributed by atoms with Gasteiger partial charge in [-0.2, -0.15) is 0 Å². The molecule has 29 heavy (non-hydrogen) atoms. The van der Waals surface area contributed by atoms with E-state index in [9.17, 15) is 4.79 Å². The summed E-state index contributed by atoms with van der Waals surface area (Å²) in [5.74, 6) is 1.23. The van der Waals surface area contributed by atoms with Crippen LogP contribution in [0.2, 0.25) is 0 Å². The summed E-state index contributed by atoms with van der Waals surface area (Å²) in [6, 6.07) is 18.0. The van der Waals surface area contributed by atoms with E-state index >= 15 is 0 Å². The summed E-state index contributed by atoms with van der Waals surface area (Å²) in [5.41, 5.74) is 2.52. The highest BCUT2D eigenvalue weighted by Gasteiger charge is 2.18. The van der Waals surface area contributed by atoms with E-state index in [0.717, 1.165) is 10.1 Å². The number of benzene rings is 2. The number of hydrogen-bond acceptors (Lipinski definition) is 6. The Labute approximate surface area is 179 Å². The summed E-state index contributed by atoms with van der Waals surface area (Å²) in [6.07, 6.45) is -0.639. The quantitative estimate of drug-likeness (QED) is 0.396. The van der Waals surface area contributed by atoms with Crippen LogP contribution < -0.4 is 10.1 Å². The molecule has 0 saturated heterocycles. The topological polar surface area (TPSA) is 64.1 Å². The molecule has 2 aromatic carbocycles. The third kappa shape index (κ3) is 6.30. The van der Waals surface area contributed by atoms with Crippen LogP contribution in [0.4, 0.5) is 5.13 Å². The molecule has 0 radical (unpaired) electrons. The number of carbonyl (C=O) groups is 1. The molecule has 1 aromatic heterocycles. The van der Waals surface area contributed by atoms with Crippen molar-refractivity contribution in [3.8, 4) is 5.75 Å². The Morgan fingerprint density at radius 3 is 2.45 bits per heavy atom. The van der Waals surface area contributed by atoms with Crippen molar-refractivity contribution in [3.63, 3.8) is 0 Å². The van der Waals surface area contributed by atoms with Crippen molar-refractivity contribution in [2.24, 2.45) is 0 Å². The van der Waals surface area contributed by atoms with E-state index in [2.05, 4.69) is 48.4 Å². The van der Waals surface area contributed by atoms with Crippen molar-refractivity contribution in [3.05, 3.63) is 65.7 Å².